The summed E-state index contributed by atoms with van der Waals surface area (Å²) < 4.78 is 0.800. The third-order valence-electron chi connectivity index (χ3n) is 1.65. The number of halogens is 1. The Hall–Kier alpha value is -1.45. The molecular weight excluding hydrogens is 240 g/mol. The van der Waals surface area contributed by atoms with Gasteiger partial charge in [-0.05, 0) is 41.1 Å². The molecule has 0 fully saturated rings. The van der Waals surface area contributed by atoms with E-state index >= 15 is 0 Å². The van der Waals surface area contributed by atoms with Crippen molar-refractivity contribution in [1.82, 2.24) is 0 Å². The van der Waals surface area contributed by atoms with Crippen LogP contribution in [-0.4, -0.2) is 6.54 Å². The first kappa shape index (κ1) is 10.6. The van der Waals surface area contributed by atoms with E-state index in [2.05, 4.69) is 39.2 Å². The van der Waals surface area contributed by atoms with Gasteiger partial charge < -0.3 is 5.32 Å². The Morgan fingerprint density at radius 3 is 2.86 bits per heavy atom. The summed E-state index contributed by atoms with van der Waals surface area (Å²) in [6, 6.07) is 7.59. The lowest BCUT2D eigenvalue weighted by Gasteiger charge is -2.03. The SMILES string of the molecule is CC#CCNc1ccc(C#N)c(Br)c1. The number of nitrogens with zero attached hydrogens (tertiary/aromatic N) is 1. The Kier molecular flexibility index (Phi) is 4.04. The smallest absolute Gasteiger partial charge is 0.100 e. The topological polar surface area (TPSA) is 35.8 Å². The van der Waals surface area contributed by atoms with Crippen molar-refractivity contribution in [2.45, 2.75) is 6.92 Å². The molecule has 0 saturated carbocycles. The number of hydrogen-bond acceptors (Lipinski definition) is 2. The minimum absolute atomic E-state index is 0.620. The second-order valence-corrected chi connectivity index (χ2v) is 3.44. The second kappa shape index (κ2) is 5.32. The highest BCUT2D eigenvalue weighted by atomic mass is 79.9. The third kappa shape index (κ3) is 2.80. The Labute approximate surface area is 92.1 Å². The average molecular weight is 249 g/mol. The van der Waals surface area contributed by atoms with Crippen LogP contribution in [0.1, 0.15) is 12.5 Å². The van der Waals surface area contributed by atoms with Crippen molar-refractivity contribution in [3.8, 4) is 17.9 Å². The summed E-state index contributed by atoms with van der Waals surface area (Å²) in [5, 5.41) is 11.8. The van der Waals surface area contributed by atoms with Crippen LogP contribution in [0, 0.1) is 23.2 Å². The van der Waals surface area contributed by atoms with Gasteiger partial charge in [-0.3, -0.25) is 0 Å². The lowest BCUT2D eigenvalue weighted by atomic mass is 10.2. The van der Waals surface area contributed by atoms with Crippen LogP contribution in [0.4, 0.5) is 5.69 Å². The molecule has 1 aromatic rings. The van der Waals surface area contributed by atoms with Gasteiger partial charge in [-0.1, -0.05) is 5.92 Å². The Morgan fingerprint density at radius 2 is 2.29 bits per heavy atom. The lowest BCUT2D eigenvalue weighted by molar-refractivity contribution is 1.36. The van der Waals surface area contributed by atoms with Gasteiger partial charge in [-0.15, -0.1) is 5.92 Å². The molecule has 0 aliphatic rings. The highest BCUT2D eigenvalue weighted by Crippen LogP contribution is 2.20. The number of hydrogen-bond donors (Lipinski definition) is 1. The van der Waals surface area contributed by atoms with Gasteiger partial charge in [0.05, 0.1) is 12.1 Å². The first-order valence-corrected chi connectivity index (χ1v) is 4.90. The van der Waals surface area contributed by atoms with Gasteiger partial charge in [0, 0.05) is 10.2 Å². The maximum atomic E-state index is 8.70. The Bertz CT molecular complexity index is 421. The van der Waals surface area contributed by atoms with Crippen LogP contribution in [0.25, 0.3) is 0 Å². The summed E-state index contributed by atoms with van der Waals surface area (Å²) in [5.41, 5.74) is 1.59. The van der Waals surface area contributed by atoms with E-state index in [-0.39, 0.29) is 0 Å². The summed E-state index contributed by atoms with van der Waals surface area (Å²) in [7, 11) is 0. The first-order valence-electron chi connectivity index (χ1n) is 4.11. The molecule has 0 radical (unpaired) electrons. The molecule has 0 aliphatic heterocycles. The molecule has 14 heavy (non-hydrogen) atoms. The minimum Gasteiger partial charge on any atom is -0.374 e. The molecule has 1 N–H and O–H groups in total. The quantitative estimate of drug-likeness (QED) is 0.818. The van der Waals surface area contributed by atoms with Crippen LogP contribution < -0.4 is 5.32 Å². The van der Waals surface area contributed by atoms with Gasteiger partial charge in [0.1, 0.15) is 6.07 Å². The zero-order chi connectivity index (χ0) is 10.4. The minimum atomic E-state index is 0.620. The second-order valence-electron chi connectivity index (χ2n) is 2.59. The van der Waals surface area contributed by atoms with Crippen molar-refractivity contribution in [1.29, 1.82) is 5.26 Å². The molecule has 0 saturated heterocycles. The highest BCUT2D eigenvalue weighted by molar-refractivity contribution is 9.10. The van der Waals surface area contributed by atoms with Gasteiger partial charge in [0.15, 0.2) is 0 Å². The van der Waals surface area contributed by atoms with Crippen molar-refractivity contribution in [2.75, 3.05) is 11.9 Å². The fourth-order valence-electron chi connectivity index (χ4n) is 0.950. The zero-order valence-electron chi connectivity index (χ0n) is 7.76. The number of rotatable bonds is 2. The van der Waals surface area contributed by atoms with Crippen molar-refractivity contribution >= 4 is 21.6 Å². The standard InChI is InChI=1S/C11H9BrN2/c1-2-3-6-14-10-5-4-9(8-13)11(12)7-10/h4-5,7,14H,6H2,1H3. The highest BCUT2D eigenvalue weighted by Gasteiger charge is 1.98. The Balaban J connectivity index is 2.75. The van der Waals surface area contributed by atoms with Crippen molar-refractivity contribution < 1.29 is 0 Å². The molecule has 0 aliphatic carbocycles. The molecule has 3 heteroatoms. The van der Waals surface area contributed by atoms with Crippen molar-refractivity contribution in [3.63, 3.8) is 0 Å². The van der Waals surface area contributed by atoms with Crippen LogP contribution in [0.15, 0.2) is 22.7 Å². The van der Waals surface area contributed by atoms with Crippen LogP contribution in [0.5, 0.6) is 0 Å². The van der Waals surface area contributed by atoms with Gasteiger partial charge in [0.2, 0.25) is 0 Å². The van der Waals surface area contributed by atoms with Crippen LogP contribution in [-0.2, 0) is 0 Å². The number of anilines is 1. The van der Waals surface area contributed by atoms with Crippen LogP contribution >= 0.6 is 15.9 Å². The molecular formula is C11H9BrN2. The van der Waals surface area contributed by atoms with Gasteiger partial charge in [-0.2, -0.15) is 5.26 Å². The fraction of sp³-hybridized carbons (Fsp3) is 0.182. The van der Waals surface area contributed by atoms with E-state index in [1.807, 2.05) is 12.1 Å². The van der Waals surface area contributed by atoms with E-state index in [1.54, 1.807) is 13.0 Å². The van der Waals surface area contributed by atoms with E-state index < -0.39 is 0 Å². The monoisotopic (exact) mass is 248 g/mol. The summed E-state index contributed by atoms with van der Waals surface area (Å²) >= 11 is 3.32. The zero-order valence-corrected chi connectivity index (χ0v) is 9.35. The predicted octanol–water partition coefficient (Wildman–Crippen LogP) is 2.76. The summed E-state index contributed by atoms with van der Waals surface area (Å²) in [4.78, 5) is 0. The molecule has 2 nitrogen and oxygen atoms in total. The normalized spacial score (nSPS) is 8.36. The van der Waals surface area contributed by atoms with Crippen LogP contribution in [0.2, 0.25) is 0 Å². The van der Waals surface area contributed by atoms with E-state index in [0.29, 0.717) is 12.1 Å². The van der Waals surface area contributed by atoms with Crippen molar-refractivity contribution in [3.05, 3.63) is 28.2 Å². The van der Waals surface area contributed by atoms with Crippen molar-refractivity contribution in [2.24, 2.45) is 0 Å². The molecule has 0 spiro atoms. The van der Waals surface area contributed by atoms with Gasteiger partial charge in [-0.25, -0.2) is 0 Å². The van der Waals surface area contributed by atoms with Gasteiger partial charge in [0.25, 0.3) is 0 Å². The molecule has 0 atom stereocenters. The molecule has 0 bridgehead atoms. The fourth-order valence-corrected chi connectivity index (χ4v) is 1.42. The molecule has 70 valence electrons. The molecule has 0 heterocycles. The molecule has 0 unspecified atom stereocenters. The third-order valence-corrected chi connectivity index (χ3v) is 2.30. The Morgan fingerprint density at radius 1 is 1.50 bits per heavy atom. The van der Waals surface area contributed by atoms with E-state index in [0.717, 1.165) is 10.2 Å². The molecule has 1 aromatic carbocycles. The van der Waals surface area contributed by atoms with Gasteiger partial charge >= 0.3 is 0 Å². The van der Waals surface area contributed by atoms with E-state index in [1.165, 1.54) is 0 Å². The lowest BCUT2D eigenvalue weighted by Crippen LogP contribution is -1.98. The summed E-state index contributed by atoms with van der Waals surface area (Å²) in [5.74, 6) is 5.70. The van der Waals surface area contributed by atoms with Crippen LogP contribution in [0.3, 0.4) is 0 Å². The summed E-state index contributed by atoms with van der Waals surface area (Å²) in [6.45, 7) is 2.42. The largest absolute Gasteiger partial charge is 0.374 e. The van der Waals surface area contributed by atoms with E-state index in [9.17, 15) is 0 Å². The number of nitriles is 1. The molecule has 0 aromatic heterocycles. The summed E-state index contributed by atoms with van der Waals surface area (Å²) in [6.07, 6.45) is 0. The molecule has 0 amide bonds. The molecule has 1 rings (SSSR count). The first-order chi connectivity index (χ1) is 6.77. The average Bonchev–Trinajstić information content (AvgIpc) is 2.18. The maximum absolute atomic E-state index is 8.70. The number of nitrogens with one attached hydrogen (secondary N) is 1. The van der Waals surface area contributed by atoms with E-state index in [4.69, 9.17) is 5.26 Å². The predicted molar refractivity (Wildman–Crippen MR) is 60.8 cm³/mol. The number of benzene rings is 1. The maximum Gasteiger partial charge on any atom is 0.100 e.